The van der Waals surface area contributed by atoms with E-state index in [4.69, 9.17) is 9.84 Å². The molecule has 2 saturated heterocycles. The van der Waals surface area contributed by atoms with Gasteiger partial charge in [-0.05, 0) is 19.3 Å². The first-order valence-corrected chi connectivity index (χ1v) is 6.95. The lowest BCUT2D eigenvalue weighted by Crippen LogP contribution is -2.56. The molecule has 2 heterocycles. The van der Waals surface area contributed by atoms with Crippen LogP contribution in [0.3, 0.4) is 0 Å². The summed E-state index contributed by atoms with van der Waals surface area (Å²) in [6.07, 6.45) is 3.34. The zero-order chi connectivity index (χ0) is 13.8. The van der Waals surface area contributed by atoms with Crippen LogP contribution >= 0.6 is 0 Å². The van der Waals surface area contributed by atoms with Gasteiger partial charge in [0.1, 0.15) is 0 Å². The topological polar surface area (TPSA) is 78.9 Å². The lowest BCUT2D eigenvalue weighted by Gasteiger charge is -2.41. The zero-order valence-electron chi connectivity index (χ0n) is 11.3. The molecule has 2 aliphatic heterocycles. The van der Waals surface area contributed by atoms with Crippen LogP contribution in [0.5, 0.6) is 0 Å². The van der Waals surface area contributed by atoms with Gasteiger partial charge in [-0.15, -0.1) is 0 Å². The molecule has 0 bridgehead atoms. The quantitative estimate of drug-likeness (QED) is 0.778. The number of urea groups is 1. The number of carbonyl (C=O) groups is 2. The van der Waals surface area contributed by atoms with Gasteiger partial charge < -0.3 is 20.1 Å². The predicted molar refractivity (Wildman–Crippen MR) is 68.9 cm³/mol. The molecule has 2 amide bonds. The van der Waals surface area contributed by atoms with Gasteiger partial charge in [0.25, 0.3) is 0 Å². The Labute approximate surface area is 113 Å². The molecule has 2 N–H and O–H groups in total. The van der Waals surface area contributed by atoms with Crippen molar-refractivity contribution in [3.63, 3.8) is 0 Å². The second-order valence-corrected chi connectivity index (χ2v) is 5.45. The van der Waals surface area contributed by atoms with E-state index >= 15 is 0 Å². The van der Waals surface area contributed by atoms with Crippen molar-refractivity contribution in [1.29, 1.82) is 0 Å². The van der Waals surface area contributed by atoms with Crippen LogP contribution in [0.1, 0.15) is 26.2 Å². The van der Waals surface area contributed by atoms with Crippen LogP contribution in [0, 0.1) is 11.8 Å². The van der Waals surface area contributed by atoms with E-state index in [0.717, 1.165) is 25.9 Å². The van der Waals surface area contributed by atoms with Crippen LogP contribution in [0.15, 0.2) is 0 Å². The lowest BCUT2D eigenvalue weighted by molar-refractivity contribution is -0.144. The Morgan fingerprint density at radius 2 is 2.21 bits per heavy atom. The number of amides is 2. The molecule has 0 aromatic carbocycles. The number of hydrogen-bond donors (Lipinski definition) is 2. The highest BCUT2D eigenvalue weighted by atomic mass is 16.5. The molecule has 2 rings (SSSR count). The van der Waals surface area contributed by atoms with Gasteiger partial charge >= 0.3 is 12.0 Å². The molecule has 108 valence electrons. The van der Waals surface area contributed by atoms with Crippen molar-refractivity contribution >= 4 is 12.0 Å². The van der Waals surface area contributed by atoms with E-state index in [1.54, 1.807) is 11.8 Å². The molecule has 0 saturated carbocycles. The van der Waals surface area contributed by atoms with Gasteiger partial charge in [-0.2, -0.15) is 0 Å². The maximum Gasteiger partial charge on any atom is 0.317 e. The third-order valence-corrected chi connectivity index (χ3v) is 4.06. The van der Waals surface area contributed by atoms with Gasteiger partial charge in [0.15, 0.2) is 0 Å². The summed E-state index contributed by atoms with van der Waals surface area (Å²) in [7, 11) is 0. The molecule has 19 heavy (non-hydrogen) atoms. The summed E-state index contributed by atoms with van der Waals surface area (Å²) in [4.78, 5) is 24.2. The third-order valence-electron chi connectivity index (χ3n) is 4.06. The van der Waals surface area contributed by atoms with E-state index in [9.17, 15) is 9.59 Å². The fraction of sp³-hybridized carbons (Fsp3) is 0.846. The zero-order valence-corrected chi connectivity index (χ0v) is 11.3. The average Bonchev–Trinajstić information content (AvgIpc) is 2.79. The van der Waals surface area contributed by atoms with Crippen molar-refractivity contribution in [3.05, 3.63) is 0 Å². The normalized spacial score (nSPS) is 24.9. The Kier molecular flexibility index (Phi) is 4.63. The first-order valence-electron chi connectivity index (χ1n) is 6.95. The minimum Gasteiger partial charge on any atom is -0.481 e. The summed E-state index contributed by atoms with van der Waals surface area (Å²) in [5.74, 6) is -1.08. The summed E-state index contributed by atoms with van der Waals surface area (Å²) in [5.41, 5.74) is 0. The number of carbonyl (C=O) groups excluding carboxylic acids is 1. The van der Waals surface area contributed by atoms with E-state index in [2.05, 4.69) is 5.32 Å². The Bertz CT molecular complexity index is 336. The summed E-state index contributed by atoms with van der Waals surface area (Å²) in [5, 5.41) is 11.7. The summed E-state index contributed by atoms with van der Waals surface area (Å²) < 4.78 is 5.48. The van der Waals surface area contributed by atoms with Crippen LogP contribution in [0.25, 0.3) is 0 Å². The minimum atomic E-state index is -0.788. The molecular formula is C13H22N2O4. The number of rotatable bonds is 5. The highest BCUT2D eigenvalue weighted by Crippen LogP contribution is 2.23. The van der Waals surface area contributed by atoms with Crippen LogP contribution in [0.4, 0.5) is 4.79 Å². The predicted octanol–water partition coefficient (Wildman–Crippen LogP) is 0.918. The van der Waals surface area contributed by atoms with E-state index in [1.165, 1.54) is 0 Å². The molecule has 0 aromatic heterocycles. The third kappa shape index (κ3) is 3.59. The number of likely N-dealkylation sites (tertiary alicyclic amines) is 1. The van der Waals surface area contributed by atoms with Crippen LogP contribution in [-0.4, -0.2) is 54.4 Å². The molecule has 6 heteroatoms. The van der Waals surface area contributed by atoms with Crippen molar-refractivity contribution in [2.45, 2.75) is 32.3 Å². The van der Waals surface area contributed by atoms with Crippen molar-refractivity contribution in [1.82, 2.24) is 10.2 Å². The Morgan fingerprint density at radius 3 is 2.79 bits per heavy atom. The van der Waals surface area contributed by atoms with Crippen LogP contribution in [0.2, 0.25) is 0 Å². The largest absolute Gasteiger partial charge is 0.481 e. The molecule has 0 aliphatic carbocycles. The fourth-order valence-corrected chi connectivity index (χ4v) is 2.52. The molecule has 2 fully saturated rings. The Balaban J connectivity index is 1.59. The molecule has 0 spiro atoms. The highest BCUT2D eigenvalue weighted by Gasteiger charge is 2.37. The van der Waals surface area contributed by atoms with E-state index in [0.29, 0.717) is 19.6 Å². The number of hydrogen-bond acceptors (Lipinski definition) is 3. The lowest BCUT2D eigenvalue weighted by atomic mass is 9.87. The van der Waals surface area contributed by atoms with Crippen molar-refractivity contribution in [2.75, 3.05) is 26.2 Å². The molecule has 2 atom stereocenters. The SMILES string of the molecule is CC(C(=O)O)C1CN(C(=O)NCCC2CCCO2)C1. The summed E-state index contributed by atoms with van der Waals surface area (Å²) in [6.45, 7) is 4.23. The molecule has 0 radical (unpaired) electrons. The smallest absolute Gasteiger partial charge is 0.317 e. The maximum absolute atomic E-state index is 11.8. The fourth-order valence-electron chi connectivity index (χ4n) is 2.52. The second-order valence-electron chi connectivity index (χ2n) is 5.45. The van der Waals surface area contributed by atoms with Gasteiger partial charge in [-0.3, -0.25) is 4.79 Å². The summed E-state index contributed by atoms with van der Waals surface area (Å²) in [6, 6.07) is -0.0909. The van der Waals surface area contributed by atoms with Crippen molar-refractivity contribution < 1.29 is 19.4 Å². The van der Waals surface area contributed by atoms with E-state index in [1.807, 2.05) is 0 Å². The van der Waals surface area contributed by atoms with Gasteiger partial charge in [0, 0.05) is 32.2 Å². The van der Waals surface area contributed by atoms with Gasteiger partial charge in [-0.1, -0.05) is 6.92 Å². The van der Waals surface area contributed by atoms with Crippen molar-refractivity contribution in [3.8, 4) is 0 Å². The van der Waals surface area contributed by atoms with Gasteiger partial charge in [0.05, 0.1) is 12.0 Å². The Hall–Kier alpha value is -1.30. The highest BCUT2D eigenvalue weighted by molar-refractivity contribution is 5.76. The average molecular weight is 270 g/mol. The first kappa shape index (κ1) is 14.1. The molecular weight excluding hydrogens is 248 g/mol. The summed E-state index contributed by atoms with van der Waals surface area (Å²) >= 11 is 0. The number of nitrogens with one attached hydrogen (secondary N) is 1. The van der Waals surface area contributed by atoms with Crippen LogP contribution in [-0.2, 0) is 9.53 Å². The van der Waals surface area contributed by atoms with E-state index in [-0.39, 0.29) is 24.0 Å². The number of nitrogens with zero attached hydrogens (tertiary/aromatic N) is 1. The van der Waals surface area contributed by atoms with Crippen LogP contribution < -0.4 is 5.32 Å². The maximum atomic E-state index is 11.8. The number of aliphatic carboxylic acids is 1. The monoisotopic (exact) mass is 270 g/mol. The number of ether oxygens (including phenoxy) is 1. The molecule has 2 unspecified atom stereocenters. The second kappa shape index (κ2) is 6.23. The minimum absolute atomic E-state index is 0.0846. The molecule has 6 nitrogen and oxygen atoms in total. The van der Waals surface area contributed by atoms with Gasteiger partial charge in [0.2, 0.25) is 0 Å². The molecule has 2 aliphatic rings. The molecule has 0 aromatic rings. The van der Waals surface area contributed by atoms with E-state index < -0.39 is 5.97 Å². The first-order chi connectivity index (χ1) is 9.08. The number of carboxylic acids is 1. The standard InChI is InChI=1S/C13H22N2O4/c1-9(12(16)17)10-7-15(8-10)13(18)14-5-4-11-3-2-6-19-11/h9-11H,2-8H2,1H3,(H,14,18)(H,16,17). The van der Waals surface area contributed by atoms with Gasteiger partial charge in [-0.25, -0.2) is 4.79 Å². The van der Waals surface area contributed by atoms with Crippen molar-refractivity contribution in [2.24, 2.45) is 11.8 Å². The number of carboxylic acid groups (broad SMARTS) is 1. The Morgan fingerprint density at radius 1 is 1.47 bits per heavy atom.